The first-order valence-corrected chi connectivity index (χ1v) is 8.63. The van der Waals surface area contributed by atoms with Gasteiger partial charge in [0.15, 0.2) is 11.2 Å². The van der Waals surface area contributed by atoms with Crippen molar-refractivity contribution >= 4 is 36.6 Å². The molecule has 22 heavy (non-hydrogen) atoms. The van der Waals surface area contributed by atoms with Crippen LogP contribution in [0.15, 0.2) is 11.1 Å². The SMILES string of the molecule is Nc1nc2c(ncn2[C@H]2C[C@H](O)[C@@H](CO[P+](=O)S)O2)c(=O)[nH]1. The normalized spacial score (nSPS) is 25.7. The van der Waals surface area contributed by atoms with Crippen LogP contribution in [-0.2, 0) is 13.8 Å². The van der Waals surface area contributed by atoms with Crippen molar-refractivity contribution in [2.45, 2.75) is 24.9 Å². The lowest BCUT2D eigenvalue weighted by atomic mass is 10.2. The van der Waals surface area contributed by atoms with E-state index in [0.717, 1.165) is 0 Å². The Morgan fingerprint density at radius 2 is 2.45 bits per heavy atom. The number of rotatable bonds is 4. The number of nitrogens with two attached hydrogens (primary N) is 1. The van der Waals surface area contributed by atoms with Crippen LogP contribution in [0, 0.1) is 0 Å². The number of aliphatic hydroxyl groups excluding tert-OH is 1. The summed E-state index contributed by atoms with van der Waals surface area (Å²) in [5.74, 6) is -0.0373. The molecule has 2 aromatic rings. The molecule has 118 valence electrons. The Morgan fingerprint density at radius 3 is 3.18 bits per heavy atom. The van der Waals surface area contributed by atoms with Crippen molar-refractivity contribution in [3.05, 3.63) is 16.7 Å². The fourth-order valence-corrected chi connectivity index (χ4v) is 2.80. The maximum atomic E-state index is 11.7. The number of hydrogen-bond acceptors (Lipinski definition) is 8. The number of nitrogens with zero attached hydrogens (tertiary/aromatic N) is 3. The molecule has 1 unspecified atom stereocenters. The van der Waals surface area contributed by atoms with Crippen molar-refractivity contribution in [2.24, 2.45) is 0 Å². The van der Waals surface area contributed by atoms with Crippen LogP contribution in [0.25, 0.3) is 11.2 Å². The van der Waals surface area contributed by atoms with Gasteiger partial charge in [-0.25, -0.2) is 4.98 Å². The number of imidazole rings is 1. The van der Waals surface area contributed by atoms with Gasteiger partial charge in [-0.2, -0.15) is 4.98 Å². The van der Waals surface area contributed by atoms with Crippen molar-refractivity contribution in [3.63, 3.8) is 0 Å². The van der Waals surface area contributed by atoms with Gasteiger partial charge in [-0.05, 0) is 4.57 Å². The minimum Gasteiger partial charge on any atom is -0.390 e. The van der Waals surface area contributed by atoms with Crippen LogP contribution in [0.3, 0.4) is 0 Å². The van der Waals surface area contributed by atoms with E-state index in [2.05, 4.69) is 27.2 Å². The number of nitrogen functional groups attached to an aromatic ring is 1. The van der Waals surface area contributed by atoms with Gasteiger partial charge in [0.1, 0.15) is 31.2 Å². The van der Waals surface area contributed by atoms with E-state index in [0.29, 0.717) is 0 Å². The summed E-state index contributed by atoms with van der Waals surface area (Å²) in [5, 5.41) is 9.98. The third-order valence-electron chi connectivity index (χ3n) is 3.31. The van der Waals surface area contributed by atoms with Crippen molar-refractivity contribution in [1.82, 2.24) is 19.5 Å². The van der Waals surface area contributed by atoms with Crippen LogP contribution in [0.1, 0.15) is 12.6 Å². The molecule has 0 saturated carbocycles. The predicted molar refractivity (Wildman–Crippen MR) is 79.6 cm³/mol. The minimum atomic E-state index is -2.07. The zero-order valence-corrected chi connectivity index (χ0v) is 12.9. The molecule has 0 aromatic carbocycles. The highest BCUT2D eigenvalue weighted by molar-refractivity contribution is 8.39. The fourth-order valence-electron chi connectivity index (χ4n) is 2.33. The molecule has 1 aliphatic heterocycles. The Kier molecular flexibility index (Phi) is 4.15. The van der Waals surface area contributed by atoms with Gasteiger partial charge in [0.05, 0.1) is 12.4 Å². The molecule has 4 N–H and O–H groups in total. The number of nitrogens with one attached hydrogen (secondary N) is 1. The third kappa shape index (κ3) is 2.85. The molecule has 0 aliphatic carbocycles. The number of aromatic amines is 1. The van der Waals surface area contributed by atoms with E-state index in [1.807, 2.05) is 0 Å². The van der Waals surface area contributed by atoms with Gasteiger partial charge in [-0.3, -0.25) is 14.3 Å². The maximum Gasteiger partial charge on any atom is 0.582 e. The number of fused-ring (bicyclic) bond motifs is 1. The van der Waals surface area contributed by atoms with E-state index in [1.54, 1.807) is 0 Å². The quantitative estimate of drug-likeness (QED) is 0.445. The molecule has 0 amide bonds. The number of aliphatic hydroxyl groups is 1. The van der Waals surface area contributed by atoms with Crippen molar-refractivity contribution in [2.75, 3.05) is 12.3 Å². The lowest BCUT2D eigenvalue weighted by Crippen LogP contribution is -2.25. The van der Waals surface area contributed by atoms with Gasteiger partial charge < -0.3 is 15.6 Å². The topological polar surface area (TPSA) is 145 Å². The van der Waals surface area contributed by atoms with Gasteiger partial charge >= 0.3 is 7.23 Å². The smallest absolute Gasteiger partial charge is 0.390 e. The molecule has 0 bridgehead atoms. The lowest BCUT2D eigenvalue weighted by molar-refractivity contribution is -0.0364. The van der Waals surface area contributed by atoms with Gasteiger partial charge in [-0.15, -0.1) is 4.52 Å². The number of thiol groups is 1. The third-order valence-corrected chi connectivity index (χ3v) is 4.03. The van der Waals surface area contributed by atoms with E-state index in [-0.39, 0.29) is 30.1 Å². The number of ether oxygens (including phenoxy) is 1. The monoisotopic (exact) mass is 346 g/mol. The molecule has 4 atom stereocenters. The summed E-state index contributed by atoms with van der Waals surface area (Å²) < 4.78 is 22.9. The molecular weight excluding hydrogens is 333 g/mol. The number of aromatic nitrogens is 4. The summed E-state index contributed by atoms with van der Waals surface area (Å²) >= 11 is 3.63. The second-order valence-electron chi connectivity index (χ2n) is 4.74. The molecule has 0 radical (unpaired) electrons. The number of hydrogen-bond donors (Lipinski definition) is 4. The highest BCUT2D eigenvalue weighted by Gasteiger charge is 2.37. The van der Waals surface area contributed by atoms with E-state index >= 15 is 0 Å². The summed E-state index contributed by atoms with van der Waals surface area (Å²) in [6, 6.07) is 0. The summed E-state index contributed by atoms with van der Waals surface area (Å²) in [6.45, 7) is -0.0564. The first-order chi connectivity index (χ1) is 10.5. The van der Waals surface area contributed by atoms with Crippen molar-refractivity contribution < 1.29 is 18.9 Å². The Balaban J connectivity index is 1.86. The fraction of sp³-hybridized carbons (Fsp3) is 0.500. The lowest BCUT2D eigenvalue weighted by Gasteiger charge is -2.13. The van der Waals surface area contributed by atoms with Crippen LogP contribution in [0.2, 0.25) is 0 Å². The summed E-state index contributed by atoms with van der Waals surface area (Å²) in [7, 11) is -2.07. The molecule has 10 nitrogen and oxygen atoms in total. The first kappa shape index (κ1) is 15.4. The first-order valence-electron chi connectivity index (χ1n) is 6.30. The average Bonchev–Trinajstić information content (AvgIpc) is 3.00. The van der Waals surface area contributed by atoms with E-state index < -0.39 is 31.2 Å². The number of anilines is 1. The van der Waals surface area contributed by atoms with Crippen molar-refractivity contribution in [3.8, 4) is 0 Å². The van der Waals surface area contributed by atoms with Gasteiger partial charge in [0.2, 0.25) is 5.95 Å². The van der Waals surface area contributed by atoms with Crippen LogP contribution >= 0.6 is 19.5 Å². The molecule has 1 fully saturated rings. The maximum absolute atomic E-state index is 11.7. The molecule has 2 aromatic heterocycles. The Morgan fingerprint density at radius 1 is 1.68 bits per heavy atom. The highest BCUT2D eigenvalue weighted by atomic mass is 32.7. The molecule has 0 spiro atoms. The second kappa shape index (κ2) is 5.94. The molecule has 3 rings (SSSR count). The summed E-state index contributed by atoms with van der Waals surface area (Å²) in [5.41, 5.74) is 5.47. The summed E-state index contributed by atoms with van der Waals surface area (Å²) in [4.78, 5) is 22.1. The highest BCUT2D eigenvalue weighted by Crippen LogP contribution is 2.33. The Hall–Kier alpha value is -1.52. The molecular formula is C10H13N5O5PS+. The Labute approximate surface area is 129 Å². The predicted octanol–water partition coefficient (Wildman–Crippen LogP) is -0.0460. The molecule has 1 saturated heterocycles. The molecule has 1 aliphatic rings. The number of H-pyrrole nitrogens is 1. The van der Waals surface area contributed by atoms with Gasteiger partial charge in [0.25, 0.3) is 5.56 Å². The second-order valence-corrected chi connectivity index (χ2v) is 6.45. The van der Waals surface area contributed by atoms with E-state index in [9.17, 15) is 14.5 Å². The standard InChI is InChI=1S/C10H12N5O5PS/c11-10-13-8-7(9(17)14-10)12-3-15(8)6-1-4(16)5(20-6)2-19-21(18)22/h3-6,16H,1-2H2,(H3-,11,13,14,17,18,22)/p+1/t4-,5+,6+/m0/s1. The van der Waals surface area contributed by atoms with E-state index in [4.69, 9.17) is 15.0 Å². The van der Waals surface area contributed by atoms with E-state index in [1.165, 1.54) is 10.9 Å². The Bertz CT molecular complexity index is 779. The zero-order valence-electron chi connectivity index (χ0n) is 11.1. The van der Waals surface area contributed by atoms with Crippen LogP contribution in [0.4, 0.5) is 5.95 Å². The van der Waals surface area contributed by atoms with Crippen LogP contribution < -0.4 is 11.3 Å². The molecule has 3 heterocycles. The largest absolute Gasteiger partial charge is 0.582 e. The van der Waals surface area contributed by atoms with Crippen LogP contribution in [-0.4, -0.2) is 43.4 Å². The van der Waals surface area contributed by atoms with Gasteiger partial charge in [-0.1, -0.05) is 0 Å². The van der Waals surface area contributed by atoms with Gasteiger partial charge in [0, 0.05) is 6.42 Å². The molecule has 12 heteroatoms. The zero-order chi connectivity index (χ0) is 15.9. The van der Waals surface area contributed by atoms with Crippen molar-refractivity contribution in [1.29, 1.82) is 0 Å². The summed E-state index contributed by atoms with van der Waals surface area (Å²) in [6.07, 6.45) is -0.415. The van der Waals surface area contributed by atoms with Crippen LogP contribution in [0.5, 0.6) is 0 Å². The average molecular weight is 346 g/mol. The minimum absolute atomic E-state index is 0.0373.